The standard InChI is InChI=1S/C11H22N2O/c1-9(8-12)14-11-4-7-13-5-2-10(11)3-6-13/h9-11H,2-8,12H2,1H3. The molecule has 3 aliphatic rings. The van der Waals surface area contributed by atoms with Gasteiger partial charge in [0.2, 0.25) is 0 Å². The molecular formula is C11H22N2O. The van der Waals surface area contributed by atoms with Crippen LogP contribution in [0.4, 0.5) is 0 Å². The van der Waals surface area contributed by atoms with Crippen LogP contribution in [0.2, 0.25) is 0 Å². The van der Waals surface area contributed by atoms with Crippen molar-refractivity contribution in [3.05, 3.63) is 0 Å². The highest BCUT2D eigenvalue weighted by Crippen LogP contribution is 2.29. The van der Waals surface area contributed by atoms with E-state index in [4.69, 9.17) is 10.5 Å². The second-order valence-corrected chi connectivity index (χ2v) is 4.69. The van der Waals surface area contributed by atoms with Gasteiger partial charge in [-0.1, -0.05) is 0 Å². The Balaban J connectivity index is 1.91. The predicted molar refractivity (Wildman–Crippen MR) is 57.2 cm³/mol. The third-order valence-electron chi connectivity index (χ3n) is 3.63. The second kappa shape index (κ2) is 4.60. The lowest BCUT2D eigenvalue weighted by Crippen LogP contribution is -2.34. The van der Waals surface area contributed by atoms with Crippen LogP contribution in [0.5, 0.6) is 0 Å². The molecule has 0 aromatic carbocycles. The van der Waals surface area contributed by atoms with Gasteiger partial charge in [-0.15, -0.1) is 0 Å². The summed E-state index contributed by atoms with van der Waals surface area (Å²) >= 11 is 0. The van der Waals surface area contributed by atoms with Crippen LogP contribution in [0.25, 0.3) is 0 Å². The smallest absolute Gasteiger partial charge is 0.0673 e. The minimum absolute atomic E-state index is 0.229. The molecule has 0 aromatic rings. The van der Waals surface area contributed by atoms with E-state index in [2.05, 4.69) is 11.8 Å². The summed E-state index contributed by atoms with van der Waals surface area (Å²) < 4.78 is 6.00. The Kier molecular flexibility index (Phi) is 3.42. The molecule has 0 saturated carbocycles. The number of ether oxygens (including phenoxy) is 1. The van der Waals surface area contributed by atoms with Crippen molar-refractivity contribution in [3.8, 4) is 0 Å². The quantitative estimate of drug-likeness (QED) is 0.730. The van der Waals surface area contributed by atoms with Crippen LogP contribution < -0.4 is 5.73 Å². The number of piperidine rings is 1. The molecule has 3 rings (SSSR count). The molecule has 3 nitrogen and oxygen atoms in total. The molecule has 0 aliphatic carbocycles. The number of rotatable bonds is 3. The fourth-order valence-corrected chi connectivity index (χ4v) is 2.63. The zero-order valence-electron chi connectivity index (χ0n) is 9.11. The first kappa shape index (κ1) is 10.4. The van der Waals surface area contributed by atoms with Crippen molar-refractivity contribution in [2.24, 2.45) is 11.7 Å². The van der Waals surface area contributed by atoms with Gasteiger partial charge in [-0.05, 0) is 45.2 Å². The molecule has 0 spiro atoms. The molecule has 82 valence electrons. The maximum Gasteiger partial charge on any atom is 0.0673 e. The number of hydrogen-bond donors (Lipinski definition) is 1. The fourth-order valence-electron chi connectivity index (χ4n) is 2.63. The van der Waals surface area contributed by atoms with Crippen molar-refractivity contribution in [1.82, 2.24) is 4.90 Å². The van der Waals surface area contributed by atoms with E-state index in [1.807, 2.05) is 0 Å². The molecule has 2 N–H and O–H groups in total. The highest BCUT2D eigenvalue weighted by atomic mass is 16.5. The highest BCUT2D eigenvalue weighted by molar-refractivity contribution is 4.84. The van der Waals surface area contributed by atoms with Gasteiger partial charge in [-0.3, -0.25) is 0 Å². The first-order valence-corrected chi connectivity index (χ1v) is 5.87. The molecule has 2 unspecified atom stereocenters. The summed E-state index contributed by atoms with van der Waals surface area (Å²) in [5, 5.41) is 0. The lowest BCUT2D eigenvalue weighted by molar-refractivity contribution is -0.0324. The summed E-state index contributed by atoms with van der Waals surface area (Å²) in [6.45, 7) is 6.51. The zero-order chi connectivity index (χ0) is 9.97. The van der Waals surface area contributed by atoms with Crippen molar-refractivity contribution in [2.75, 3.05) is 26.2 Å². The minimum atomic E-state index is 0.229. The largest absolute Gasteiger partial charge is 0.374 e. The van der Waals surface area contributed by atoms with Crippen molar-refractivity contribution in [1.29, 1.82) is 0 Å². The van der Waals surface area contributed by atoms with Gasteiger partial charge >= 0.3 is 0 Å². The van der Waals surface area contributed by atoms with E-state index < -0.39 is 0 Å². The summed E-state index contributed by atoms with van der Waals surface area (Å²) in [6, 6.07) is 0. The number of fused-ring (bicyclic) bond motifs is 4. The topological polar surface area (TPSA) is 38.5 Å². The Bertz CT molecular complexity index is 178. The predicted octanol–water partition coefficient (Wildman–Crippen LogP) is 0.834. The molecular weight excluding hydrogens is 176 g/mol. The summed E-state index contributed by atoms with van der Waals surface area (Å²) in [6.07, 6.45) is 4.55. The molecule has 14 heavy (non-hydrogen) atoms. The highest BCUT2D eigenvalue weighted by Gasteiger charge is 2.32. The van der Waals surface area contributed by atoms with Crippen molar-refractivity contribution < 1.29 is 4.74 Å². The maximum absolute atomic E-state index is 6.00. The molecule has 0 amide bonds. The van der Waals surface area contributed by atoms with Crippen LogP contribution in [0.15, 0.2) is 0 Å². The van der Waals surface area contributed by atoms with Crippen molar-refractivity contribution in [2.45, 2.75) is 38.4 Å². The van der Waals surface area contributed by atoms with E-state index in [0.717, 1.165) is 5.92 Å². The normalized spacial score (nSPS) is 39.4. The zero-order valence-corrected chi connectivity index (χ0v) is 9.11. The van der Waals surface area contributed by atoms with E-state index in [9.17, 15) is 0 Å². The Morgan fingerprint density at radius 2 is 1.93 bits per heavy atom. The van der Waals surface area contributed by atoms with E-state index >= 15 is 0 Å². The Morgan fingerprint density at radius 1 is 1.29 bits per heavy atom. The lowest BCUT2D eigenvalue weighted by Gasteiger charge is -2.30. The molecule has 2 bridgehead atoms. The monoisotopic (exact) mass is 198 g/mol. The third kappa shape index (κ3) is 2.27. The van der Waals surface area contributed by atoms with Crippen LogP contribution >= 0.6 is 0 Å². The van der Waals surface area contributed by atoms with Crippen LogP contribution in [-0.2, 0) is 4.74 Å². The van der Waals surface area contributed by atoms with Gasteiger partial charge in [0.15, 0.2) is 0 Å². The van der Waals surface area contributed by atoms with Gasteiger partial charge in [-0.25, -0.2) is 0 Å². The Morgan fingerprint density at radius 3 is 2.57 bits per heavy atom. The molecule has 3 heterocycles. The first-order chi connectivity index (χ1) is 6.79. The lowest BCUT2D eigenvalue weighted by atomic mass is 9.92. The Hall–Kier alpha value is -0.120. The van der Waals surface area contributed by atoms with Gasteiger partial charge in [0.25, 0.3) is 0 Å². The molecule has 3 aliphatic heterocycles. The SMILES string of the molecule is CC(CN)OC1CCN2CCC1CC2. The van der Waals surface area contributed by atoms with Crippen molar-refractivity contribution in [3.63, 3.8) is 0 Å². The van der Waals surface area contributed by atoms with Gasteiger partial charge in [0.05, 0.1) is 12.2 Å². The van der Waals surface area contributed by atoms with E-state index in [-0.39, 0.29) is 6.10 Å². The summed E-state index contributed by atoms with van der Waals surface area (Å²) in [7, 11) is 0. The maximum atomic E-state index is 6.00. The second-order valence-electron chi connectivity index (χ2n) is 4.69. The number of hydrogen-bond acceptors (Lipinski definition) is 3. The van der Waals surface area contributed by atoms with E-state index in [1.54, 1.807) is 0 Å². The molecule has 3 heteroatoms. The van der Waals surface area contributed by atoms with E-state index in [1.165, 1.54) is 38.9 Å². The van der Waals surface area contributed by atoms with Crippen LogP contribution in [0, 0.1) is 5.92 Å². The molecule has 3 fully saturated rings. The molecule has 3 saturated heterocycles. The van der Waals surface area contributed by atoms with E-state index in [0.29, 0.717) is 12.6 Å². The average Bonchev–Trinajstić information content (AvgIpc) is 2.52. The van der Waals surface area contributed by atoms with Crippen LogP contribution in [-0.4, -0.2) is 43.3 Å². The van der Waals surface area contributed by atoms with Gasteiger partial charge in [0, 0.05) is 13.1 Å². The minimum Gasteiger partial charge on any atom is -0.374 e. The summed E-state index contributed by atoms with van der Waals surface area (Å²) in [4.78, 5) is 2.56. The van der Waals surface area contributed by atoms with Crippen LogP contribution in [0.3, 0.4) is 0 Å². The van der Waals surface area contributed by atoms with Crippen LogP contribution in [0.1, 0.15) is 26.2 Å². The average molecular weight is 198 g/mol. The number of nitrogens with two attached hydrogens (primary N) is 1. The fraction of sp³-hybridized carbons (Fsp3) is 1.00. The number of nitrogens with zero attached hydrogens (tertiary/aromatic N) is 1. The van der Waals surface area contributed by atoms with Crippen molar-refractivity contribution >= 4 is 0 Å². The summed E-state index contributed by atoms with van der Waals surface area (Å²) in [5.41, 5.74) is 5.59. The third-order valence-corrected chi connectivity index (χ3v) is 3.63. The Labute approximate surface area is 86.6 Å². The molecule has 2 atom stereocenters. The summed E-state index contributed by atoms with van der Waals surface area (Å²) in [5.74, 6) is 0.794. The van der Waals surface area contributed by atoms with Gasteiger partial charge < -0.3 is 15.4 Å². The van der Waals surface area contributed by atoms with Gasteiger partial charge in [0.1, 0.15) is 0 Å². The van der Waals surface area contributed by atoms with Gasteiger partial charge in [-0.2, -0.15) is 0 Å². The molecule has 0 aromatic heterocycles. The molecule has 0 radical (unpaired) electrons. The first-order valence-electron chi connectivity index (χ1n) is 5.87.